The van der Waals surface area contributed by atoms with Gasteiger partial charge in [-0.1, -0.05) is 0 Å². The molecule has 0 aromatic rings. The Bertz CT molecular complexity index is 464. The molecule has 1 unspecified atom stereocenters. The summed E-state index contributed by atoms with van der Waals surface area (Å²) >= 11 is 0. The number of Topliss-reactive ketones (excluding diaryl/α,β-unsaturated/α-hetero) is 1. The van der Waals surface area contributed by atoms with Gasteiger partial charge in [0.25, 0.3) is 0 Å². The Labute approximate surface area is 100 Å². The second-order valence-electron chi connectivity index (χ2n) is 5.78. The maximum atomic E-state index is 12.2. The third-order valence-electron chi connectivity index (χ3n) is 5.45. The van der Waals surface area contributed by atoms with Gasteiger partial charge in [-0.3, -0.25) is 4.79 Å². The minimum absolute atomic E-state index is 0.0756. The average molecular weight is 232 g/mol. The highest BCUT2D eigenvalue weighted by Gasteiger charge is 2.84. The van der Waals surface area contributed by atoms with Gasteiger partial charge in [-0.2, -0.15) is 0 Å². The third-order valence-corrected chi connectivity index (χ3v) is 5.45. The highest BCUT2D eigenvalue weighted by atomic mass is 16.5. The molecule has 3 nitrogen and oxygen atoms in total. The predicted octanol–water partition coefficient (Wildman–Crippen LogP) is 2.05. The molecular weight excluding hydrogens is 216 g/mol. The number of allylic oxidation sites excluding steroid dienone is 2. The number of hydrogen-bond acceptors (Lipinski definition) is 3. The summed E-state index contributed by atoms with van der Waals surface area (Å²) in [6, 6.07) is 0. The van der Waals surface area contributed by atoms with E-state index in [1.807, 2.05) is 0 Å². The Morgan fingerprint density at radius 3 is 2.47 bits per heavy atom. The van der Waals surface area contributed by atoms with Gasteiger partial charge in [-0.15, -0.1) is 0 Å². The van der Waals surface area contributed by atoms with Gasteiger partial charge in [0.05, 0.1) is 14.2 Å². The van der Waals surface area contributed by atoms with E-state index >= 15 is 0 Å². The van der Waals surface area contributed by atoms with Crippen molar-refractivity contribution in [2.45, 2.75) is 19.3 Å². The lowest BCUT2D eigenvalue weighted by atomic mass is 9.70. The topological polar surface area (TPSA) is 35.5 Å². The molecule has 0 aromatic carbocycles. The van der Waals surface area contributed by atoms with Crippen molar-refractivity contribution in [3.8, 4) is 0 Å². The van der Waals surface area contributed by atoms with Crippen molar-refractivity contribution in [2.75, 3.05) is 14.2 Å². The molecule has 0 aromatic heterocycles. The van der Waals surface area contributed by atoms with Crippen LogP contribution < -0.4 is 0 Å². The number of hydrogen-bond donors (Lipinski definition) is 0. The molecule has 3 heteroatoms. The van der Waals surface area contributed by atoms with Crippen molar-refractivity contribution in [1.29, 1.82) is 0 Å². The monoisotopic (exact) mass is 232 g/mol. The Morgan fingerprint density at radius 2 is 1.82 bits per heavy atom. The van der Waals surface area contributed by atoms with Crippen LogP contribution in [0.25, 0.3) is 0 Å². The molecule has 5 aliphatic rings. The lowest BCUT2D eigenvalue weighted by Gasteiger charge is -2.34. The van der Waals surface area contributed by atoms with E-state index in [0.29, 0.717) is 11.7 Å². The van der Waals surface area contributed by atoms with Crippen LogP contribution in [0.1, 0.15) is 19.3 Å². The Balaban J connectivity index is 1.87. The molecule has 0 saturated heterocycles. The first-order valence-corrected chi connectivity index (χ1v) is 6.26. The van der Waals surface area contributed by atoms with Crippen LogP contribution in [0, 0.1) is 22.7 Å². The van der Waals surface area contributed by atoms with Gasteiger partial charge in [0.15, 0.2) is 11.5 Å². The first kappa shape index (κ1) is 9.75. The van der Waals surface area contributed by atoms with Crippen molar-refractivity contribution >= 4 is 5.78 Å². The van der Waals surface area contributed by atoms with Crippen LogP contribution in [0.5, 0.6) is 0 Å². The average Bonchev–Trinajstić information content (AvgIpc) is 2.88. The molecule has 2 spiro atoms. The predicted molar refractivity (Wildman–Crippen MR) is 60.9 cm³/mol. The fourth-order valence-electron chi connectivity index (χ4n) is 4.74. The third kappa shape index (κ3) is 0.800. The molecule has 0 radical (unpaired) electrons. The Morgan fingerprint density at radius 1 is 1.18 bits per heavy atom. The summed E-state index contributed by atoms with van der Waals surface area (Å²) in [6.45, 7) is 0. The number of carbonyl (C=O) groups excluding carboxylic acids is 1. The summed E-state index contributed by atoms with van der Waals surface area (Å²) in [5, 5.41) is 0. The van der Waals surface area contributed by atoms with Crippen molar-refractivity contribution in [3.05, 3.63) is 23.7 Å². The lowest BCUT2D eigenvalue weighted by Crippen LogP contribution is -2.30. The Hall–Kier alpha value is -1.25. The molecule has 0 heterocycles. The maximum Gasteiger partial charge on any atom is 0.157 e. The standard InChI is InChI=1S/C14H16O3/c1-16-9-6-13-4-3-8-5-14(13,7-10(9)17-2)12(13)11(8)15/h6-8,12H,3-5H2,1-2H3/t8-,12?,13+,14-/m0/s1. The van der Waals surface area contributed by atoms with E-state index in [1.54, 1.807) is 14.2 Å². The molecule has 4 saturated carbocycles. The molecular formula is C14H16O3. The summed E-state index contributed by atoms with van der Waals surface area (Å²) < 4.78 is 10.8. The molecule has 0 aliphatic heterocycles. The van der Waals surface area contributed by atoms with Crippen molar-refractivity contribution in [3.63, 3.8) is 0 Å². The smallest absolute Gasteiger partial charge is 0.157 e. The molecule has 17 heavy (non-hydrogen) atoms. The van der Waals surface area contributed by atoms with E-state index in [0.717, 1.165) is 30.8 Å². The first-order valence-electron chi connectivity index (χ1n) is 6.26. The van der Waals surface area contributed by atoms with Gasteiger partial charge in [0, 0.05) is 22.7 Å². The largest absolute Gasteiger partial charge is 0.493 e. The maximum absolute atomic E-state index is 12.2. The molecule has 4 bridgehead atoms. The van der Waals surface area contributed by atoms with Crippen LogP contribution in [-0.2, 0) is 14.3 Å². The summed E-state index contributed by atoms with van der Waals surface area (Å²) in [5.74, 6) is 2.62. The number of methoxy groups -OCH3 is 2. The van der Waals surface area contributed by atoms with Crippen LogP contribution >= 0.6 is 0 Å². The fourth-order valence-corrected chi connectivity index (χ4v) is 4.74. The van der Waals surface area contributed by atoms with Gasteiger partial charge in [-0.25, -0.2) is 0 Å². The van der Waals surface area contributed by atoms with E-state index in [2.05, 4.69) is 12.2 Å². The number of ether oxygens (including phenoxy) is 2. The molecule has 90 valence electrons. The van der Waals surface area contributed by atoms with Crippen LogP contribution in [-0.4, -0.2) is 20.0 Å². The van der Waals surface area contributed by atoms with Gasteiger partial charge in [0.2, 0.25) is 0 Å². The number of fused-ring (bicyclic) bond motifs is 1. The summed E-state index contributed by atoms with van der Waals surface area (Å²) in [7, 11) is 3.33. The van der Waals surface area contributed by atoms with Crippen LogP contribution in [0.15, 0.2) is 23.7 Å². The lowest BCUT2D eigenvalue weighted by molar-refractivity contribution is -0.125. The highest BCUT2D eigenvalue weighted by molar-refractivity contribution is 5.95. The summed E-state index contributed by atoms with van der Waals surface area (Å²) in [5.41, 5.74) is 0.159. The van der Waals surface area contributed by atoms with Crippen molar-refractivity contribution < 1.29 is 14.3 Å². The summed E-state index contributed by atoms with van der Waals surface area (Å²) in [4.78, 5) is 12.2. The van der Waals surface area contributed by atoms with Crippen molar-refractivity contribution in [2.24, 2.45) is 22.7 Å². The molecule has 5 rings (SSSR count). The number of carbonyl (C=O) groups is 1. The molecule has 5 aliphatic carbocycles. The van der Waals surface area contributed by atoms with E-state index in [4.69, 9.17) is 9.47 Å². The minimum atomic E-state index is 0.0756. The SMILES string of the molecule is COC1=C[C@@]23CC[C@H]4C[C@]2(C=C1OC)C3C4=O. The quantitative estimate of drug-likeness (QED) is 0.731. The van der Waals surface area contributed by atoms with E-state index in [1.165, 1.54) is 0 Å². The molecule has 4 fully saturated rings. The Kier molecular flexibility index (Phi) is 1.49. The van der Waals surface area contributed by atoms with Gasteiger partial charge in [-0.05, 0) is 31.4 Å². The number of ketones is 1. The molecule has 0 amide bonds. The van der Waals surface area contributed by atoms with E-state index < -0.39 is 0 Å². The van der Waals surface area contributed by atoms with E-state index in [9.17, 15) is 4.79 Å². The van der Waals surface area contributed by atoms with Gasteiger partial charge in [0.1, 0.15) is 5.78 Å². The minimum Gasteiger partial charge on any atom is -0.493 e. The second kappa shape index (κ2) is 2.60. The molecule has 0 N–H and O–H groups in total. The second-order valence-corrected chi connectivity index (χ2v) is 5.78. The zero-order chi connectivity index (χ0) is 11.8. The highest BCUT2D eigenvalue weighted by Crippen LogP contribution is 2.84. The van der Waals surface area contributed by atoms with Crippen molar-refractivity contribution in [1.82, 2.24) is 0 Å². The van der Waals surface area contributed by atoms with Crippen LogP contribution in [0.4, 0.5) is 0 Å². The zero-order valence-electron chi connectivity index (χ0n) is 10.2. The van der Waals surface area contributed by atoms with Gasteiger partial charge >= 0.3 is 0 Å². The fraction of sp³-hybridized carbons (Fsp3) is 0.643. The zero-order valence-corrected chi connectivity index (χ0v) is 10.2. The normalized spacial score (nSPS) is 49.2. The van der Waals surface area contributed by atoms with Crippen LogP contribution in [0.2, 0.25) is 0 Å². The number of rotatable bonds is 2. The first-order chi connectivity index (χ1) is 8.18. The van der Waals surface area contributed by atoms with Crippen LogP contribution in [0.3, 0.4) is 0 Å². The van der Waals surface area contributed by atoms with E-state index in [-0.39, 0.29) is 16.7 Å². The summed E-state index contributed by atoms with van der Waals surface area (Å²) in [6.07, 6.45) is 7.56. The molecule has 4 atom stereocenters. The van der Waals surface area contributed by atoms with Gasteiger partial charge < -0.3 is 9.47 Å².